The minimum Gasteiger partial charge on any atom is -0.382 e. The second-order valence-electron chi connectivity index (χ2n) is 4.77. The highest BCUT2D eigenvalue weighted by Gasteiger charge is 1.97. The van der Waals surface area contributed by atoms with E-state index >= 15 is 0 Å². The Hall–Kier alpha value is -0.0400. The molecule has 0 saturated carbocycles. The lowest BCUT2D eigenvalue weighted by Gasteiger charge is -2.11. The van der Waals surface area contributed by atoms with Crippen LogP contribution in [0.3, 0.4) is 0 Å². The third-order valence-corrected chi connectivity index (χ3v) is 2.52. The molecule has 0 aliphatic rings. The Labute approximate surface area is 136 Å². The number of nitrogens with one attached hydrogen (secondary N) is 2. The number of guanidine groups is 1. The van der Waals surface area contributed by atoms with Crippen LogP contribution < -0.4 is 10.6 Å². The predicted octanol–water partition coefficient (Wildman–Crippen LogP) is 3.02. The van der Waals surface area contributed by atoms with Crippen molar-refractivity contribution in [2.24, 2.45) is 10.9 Å². The first kappa shape index (κ1) is 21.3. The highest BCUT2D eigenvalue weighted by molar-refractivity contribution is 14.0. The summed E-state index contributed by atoms with van der Waals surface area (Å²) in [6.45, 7) is 12.9. The van der Waals surface area contributed by atoms with E-state index in [4.69, 9.17) is 4.74 Å². The third-order valence-electron chi connectivity index (χ3n) is 2.52. The van der Waals surface area contributed by atoms with Gasteiger partial charge in [0.25, 0.3) is 0 Å². The fourth-order valence-corrected chi connectivity index (χ4v) is 1.56. The Balaban J connectivity index is 0. The minimum atomic E-state index is 0. The van der Waals surface area contributed by atoms with Crippen LogP contribution in [0.25, 0.3) is 0 Å². The van der Waals surface area contributed by atoms with Crippen LogP contribution >= 0.6 is 24.0 Å². The lowest BCUT2D eigenvalue weighted by Crippen LogP contribution is -2.38. The molecule has 0 aromatic rings. The molecule has 0 atom stereocenters. The first-order valence-electron chi connectivity index (χ1n) is 7.30. The van der Waals surface area contributed by atoms with E-state index < -0.39 is 0 Å². The molecule has 2 N–H and O–H groups in total. The van der Waals surface area contributed by atoms with Crippen molar-refractivity contribution in [3.63, 3.8) is 0 Å². The summed E-state index contributed by atoms with van der Waals surface area (Å²) in [4.78, 5) is 4.52. The summed E-state index contributed by atoms with van der Waals surface area (Å²) in [5.74, 6) is 1.70. The van der Waals surface area contributed by atoms with E-state index in [9.17, 15) is 0 Å². The molecule has 116 valence electrons. The number of nitrogens with zero attached hydrogens (tertiary/aromatic N) is 1. The molecule has 0 amide bonds. The van der Waals surface area contributed by atoms with E-state index in [2.05, 4.69) is 36.4 Å². The monoisotopic (exact) mass is 385 g/mol. The standard InChI is InChI=1S/C14H31N3O.HI/c1-5-15-14(16-10-7-9-13(3)4)17-11-8-12-18-6-2;/h13H,5-12H2,1-4H3,(H2,15,16,17);1H. The lowest BCUT2D eigenvalue weighted by atomic mass is 10.1. The normalized spacial score (nSPS) is 11.3. The Kier molecular flexibility index (Phi) is 17.9. The molecule has 0 fully saturated rings. The summed E-state index contributed by atoms with van der Waals surface area (Å²) in [5, 5.41) is 6.62. The summed E-state index contributed by atoms with van der Waals surface area (Å²) in [6, 6.07) is 0. The van der Waals surface area contributed by atoms with E-state index in [0.29, 0.717) is 0 Å². The molecule has 0 bridgehead atoms. The average molecular weight is 385 g/mol. The van der Waals surface area contributed by atoms with Crippen molar-refractivity contribution in [2.75, 3.05) is 32.8 Å². The van der Waals surface area contributed by atoms with Crippen LogP contribution in [0.5, 0.6) is 0 Å². The second-order valence-corrected chi connectivity index (χ2v) is 4.77. The van der Waals surface area contributed by atoms with Gasteiger partial charge < -0.3 is 15.4 Å². The summed E-state index contributed by atoms with van der Waals surface area (Å²) in [5.41, 5.74) is 0. The molecule has 19 heavy (non-hydrogen) atoms. The Morgan fingerprint density at radius 2 is 1.89 bits per heavy atom. The molecule has 0 unspecified atom stereocenters. The van der Waals surface area contributed by atoms with Crippen LogP contribution in [0.15, 0.2) is 4.99 Å². The number of aliphatic imine (C=N–C) groups is 1. The second kappa shape index (κ2) is 16.0. The van der Waals surface area contributed by atoms with Gasteiger partial charge in [-0.15, -0.1) is 24.0 Å². The van der Waals surface area contributed by atoms with Crippen molar-refractivity contribution in [1.29, 1.82) is 0 Å². The molecule has 0 rings (SSSR count). The molecule has 0 spiro atoms. The predicted molar refractivity (Wildman–Crippen MR) is 94.6 cm³/mol. The van der Waals surface area contributed by atoms with Gasteiger partial charge in [-0.3, -0.25) is 4.99 Å². The van der Waals surface area contributed by atoms with E-state index in [1.54, 1.807) is 0 Å². The highest BCUT2D eigenvalue weighted by Crippen LogP contribution is 2.01. The molecule has 0 radical (unpaired) electrons. The number of hydrogen-bond donors (Lipinski definition) is 2. The third kappa shape index (κ3) is 15.9. The van der Waals surface area contributed by atoms with Gasteiger partial charge in [0.15, 0.2) is 5.96 Å². The summed E-state index contributed by atoms with van der Waals surface area (Å²) < 4.78 is 5.29. The van der Waals surface area contributed by atoms with Gasteiger partial charge in [0.2, 0.25) is 0 Å². The quantitative estimate of drug-likeness (QED) is 0.263. The SMILES string of the molecule is CCNC(=NCCCOCC)NCCCC(C)C.I. The molecular formula is C14H32IN3O. The van der Waals surface area contributed by atoms with Crippen molar-refractivity contribution >= 4 is 29.9 Å². The zero-order valence-electron chi connectivity index (χ0n) is 13.0. The van der Waals surface area contributed by atoms with Gasteiger partial charge in [-0.25, -0.2) is 0 Å². The highest BCUT2D eigenvalue weighted by atomic mass is 127. The van der Waals surface area contributed by atoms with Crippen molar-refractivity contribution < 1.29 is 4.74 Å². The van der Waals surface area contributed by atoms with E-state index in [1.807, 2.05) is 6.92 Å². The molecular weight excluding hydrogens is 353 g/mol. The summed E-state index contributed by atoms with van der Waals surface area (Å²) >= 11 is 0. The Morgan fingerprint density at radius 1 is 1.16 bits per heavy atom. The molecule has 0 aliphatic carbocycles. The van der Waals surface area contributed by atoms with Gasteiger partial charge in [0, 0.05) is 32.8 Å². The lowest BCUT2D eigenvalue weighted by molar-refractivity contribution is 0.146. The smallest absolute Gasteiger partial charge is 0.191 e. The summed E-state index contributed by atoms with van der Waals surface area (Å²) in [6.07, 6.45) is 3.44. The van der Waals surface area contributed by atoms with E-state index in [1.165, 1.54) is 12.8 Å². The first-order valence-corrected chi connectivity index (χ1v) is 7.30. The molecule has 0 heterocycles. The molecule has 0 aromatic heterocycles. The van der Waals surface area contributed by atoms with Crippen LogP contribution in [0.1, 0.15) is 47.0 Å². The fourth-order valence-electron chi connectivity index (χ4n) is 1.56. The average Bonchev–Trinajstić information content (AvgIpc) is 2.33. The maximum absolute atomic E-state index is 5.29. The fraction of sp³-hybridized carbons (Fsp3) is 0.929. The number of halogens is 1. The van der Waals surface area contributed by atoms with Gasteiger partial charge in [-0.1, -0.05) is 13.8 Å². The molecule has 0 aromatic carbocycles. The summed E-state index contributed by atoms with van der Waals surface area (Å²) in [7, 11) is 0. The number of rotatable bonds is 10. The maximum atomic E-state index is 5.29. The van der Waals surface area contributed by atoms with Crippen LogP contribution in [-0.4, -0.2) is 38.8 Å². The van der Waals surface area contributed by atoms with Crippen molar-refractivity contribution in [1.82, 2.24) is 10.6 Å². The number of hydrogen-bond acceptors (Lipinski definition) is 2. The molecule has 4 nitrogen and oxygen atoms in total. The Morgan fingerprint density at radius 3 is 2.47 bits per heavy atom. The van der Waals surface area contributed by atoms with E-state index in [-0.39, 0.29) is 24.0 Å². The topological polar surface area (TPSA) is 45.7 Å². The van der Waals surface area contributed by atoms with Crippen molar-refractivity contribution in [3.05, 3.63) is 0 Å². The van der Waals surface area contributed by atoms with Gasteiger partial charge in [0.1, 0.15) is 0 Å². The maximum Gasteiger partial charge on any atom is 0.191 e. The first-order chi connectivity index (χ1) is 8.70. The van der Waals surface area contributed by atoms with Crippen LogP contribution in [0.4, 0.5) is 0 Å². The van der Waals surface area contributed by atoms with Gasteiger partial charge in [-0.05, 0) is 39.0 Å². The molecule has 0 saturated heterocycles. The Bertz CT molecular complexity index is 211. The van der Waals surface area contributed by atoms with Gasteiger partial charge in [-0.2, -0.15) is 0 Å². The van der Waals surface area contributed by atoms with Crippen LogP contribution in [-0.2, 0) is 4.74 Å². The van der Waals surface area contributed by atoms with E-state index in [0.717, 1.165) is 51.1 Å². The zero-order valence-corrected chi connectivity index (χ0v) is 15.3. The molecule has 0 aliphatic heterocycles. The largest absolute Gasteiger partial charge is 0.382 e. The van der Waals surface area contributed by atoms with Crippen LogP contribution in [0.2, 0.25) is 0 Å². The molecule has 5 heteroatoms. The van der Waals surface area contributed by atoms with Crippen molar-refractivity contribution in [2.45, 2.75) is 47.0 Å². The van der Waals surface area contributed by atoms with Crippen LogP contribution in [0, 0.1) is 5.92 Å². The number of ether oxygens (including phenoxy) is 1. The van der Waals surface area contributed by atoms with Gasteiger partial charge in [0.05, 0.1) is 0 Å². The zero-order chi connectivity index (χ0) is 13.6. The van der Waals surface area contributed by atoms with Gasteiger partial charge >= 0.3 is 0 Å². The minimum absolute atomic E-state index is 0. The van der Waals surface area contributed by atoms with Crippen molar-refractivity contribution in [3.8, 4) is 0 Å².